The molecule has 1 fully saturated rings. The van der Waals surface area contributed by atoms with Crippen LogP contribution in [-0.2, 0) is 0 Å². The summed E-state index contributed by atoms with van der Waals surface area (Å²) in [6.45, 7) is 3.26. The molecule has 64 valence electrons. The quantitative estimate of drug-likeness (QED) is 0.501. The maximum Gasteiger partial charge on any atom is 0.126 e. The fourth-order valence-corrected chi connectivity index (χ4v) is 2.14. The molecular formula is C7H15N3S. The van der Waals surface area contributed by atoms with Gasteiger partial charge in [-0.1, -0.05) is 6.92 Å². The number of rotatable bonds is 2. The fourth-order valence-electron chi connectivity index (χ4n) is 1.18. The molecule has 1 aliphatic heterocycles. The van der Waals surface area contributed by atoms with Crippen molar-refractivity contribution in [1.29, 1.82) is 0 Å². The van der Waals surface area contributed by atoms with Crippen molar-refractivity contribution in [3.8, 4) is 0 Å². The minimum Gasteiger partial charge on any atom is -0.349 e. The highest BCUT2D eigenvalue weighted by Gasteiger charge is 2.14. The number of amidine groups is 1. The summed E-state index contributed by atoms with van der Waals surface area (Å²) in [4.78, 5) is 2.26. The van der Waals surface area contributed by atoms with E-state index < -0.39 is 0 Å². The van der Waals surface area contributed by atoms with Crippen LogP contribution in [0.5, 0.6) is 0 Å². The van der Waals surface area contributed by atoms with Gasteiger partial charge in [0.15, 0.2) is 0 Å². The Kier molecular flexibility index (Phi) is 3.56. The van der Waals surface area contributed by atoms with E-state index in [9.17, 15) is 0 Å². The molecule has 0 unspecified atom stereocenters. The molecule has 0 bridgehead atoms. The molecule has 4 heteroatoms. The number of hydrogen-bond donors (Lipinski definition) is 1. The van der Waals surface area contributed by atoms with Crippen LogP contribution in [0.1, 0.15) is 19.8 Å². The highest BCUT2D eigenvalue weighted by Crippen LogP contribution is 2.15. The average Bonchev–Trinajstić information content (AvgIpc) is 2.06. The summed E-state index contributed by atoms with van der Waals surface area (Å²) in [6, 6.07) is 0. The van der Waals surface area contributed by atoms with Gasteiger partial charge in [0.2, 0.25) is 0 Å². The van der Waals surface area contributed by atoms with E-state index in [4.69, 9.17) is 5.84 Å². The van der Waals surface area contributed by atoms with Crippen LogP contribution in [0.4, 0.5) is 0 Å². The zero-order chi connectivity index (χ0) is 8.10. The molecule has 1 saturated heterocycles. The van der Waals surface area contributed by atoms with Gasteiger partial charge in [0.1, 0.15) is 5.84 Å². The van der Waals surface area contributed by atoms with Gasteiger partial charge in [0.05, 0.1) is 5.88 Å². The second-order valence-electron chi connectivity index (χ2n) is 2.60. The van der Waals surface area contributed by atoms with Crippen LogP contribution in [0.15, 0.2) is 5.10 Å². The van der Waals surface area contributed by atoms with Gasteiger partial charge in [-0.3, -0.25) is 0 Å². The third kappa shape index (κ3) is 2.29. The van der Waals surface area contributed by atoms with E-state index in [1.807, 2.05) is 11.8 Å². The molecule has 2 N–H and O–H groups in total. The molecule has 0 aromatic carbocycles. The Bertz CT molecular complexity index is 145. The van der Waals surface area contributed by atoms with E-state index in [1.54, 1.807) is 0 Å². The van der Waals surface area contributed by atoms with Crippen LogP contribution in [0.2, 0.25) is 0 Å². The van der Waals surface area contributed by atoms with Crippen molar-refractivity contribution < 1.29 is 0 Å². The predicted octanol–water partition coefficient (Wildman–Crippen LogP) is 1.07. The molecule has 1 heterocycles. The monoisotopic (exact) mass is 173 g/mol. The smallest absolute Gasteiger partial charge is 0.126 e. The van der Waals surface area contributed by atoms with E-state index in [2.05, 4.69) is 16.9 Å². The van der Waals surface area contributed by atoms with Crippen LogP contribution in [0, 0.1) is 0 Å². The van der Waals surface area contributed by atoms with E-state index >= 15 is 0 Å². The van der Waals surface area contributed by atoms with Gasteiger partial charge < -0.3 is 10.7 Å². The molecule has 0 atom stereocenters. The first-order valence-corrected chi connectivity index (χ1v) is 5.13. The molecule has 0 aliphatic carbocycles. The highest BCUT2D eigenvalue weighted by molar-refractivity contribution is 7.99. The van der Waals surface area contributed by atoms with Gasteiger partial charge in [-0.15, -0.1) is 11.8 Å². The van der Waals surface area contributed by atoms with Crippen LogP contribution in [-0.4, -0.2) is 28.9 Å². The summed E-state index contributed by atoms with van der Waals surface area (Å²) in [5.74, 6) is 8.56. The summed E-state index contributed by atoms with van der Waals surface area (Å²) in [7, 11) is 0. The number of nitrogens with zero attached hydrogens (tertiary/aromatic N) is 2. The van der Waals surface area contributed by atoms with Crippen LogP contribution >= 0.6 is 11.8 Å². The first-order valence-electron chi connectivity index (χ1n) is 3.98. The minimum absolute atomic E-state index is 1.03. The van der Waals surface area contributed by atoms with Crippen molar-refractivity contribution in [2.24, 2.45) is 10.9 Å². The third-order valence-corrected chi connectivity index (χ3v) is 2.71. The molecule has 0 amide bonds. The molecule has 0 spiro atoms. The summed E-state index contributed by atoms with van der Waals surface area (Å²) in [5, 5.41) is 3.78. The second-order valence-corrected chi connectivity index (χ2v) is 3.67. The van der Waals surface area contributed by atoms with Gasteiger partial charge in [0, 0.05) is 18.7 Å². The van der Waals surface area contributed by atoms with Crippen molar-refractivity contribution in [2.75, 3.05) is 18.2 Å². The van der Waals surface area contributed by atoms with E-state index in [0.717, 1.165) is 30.4 Å². The summed E-state index contributed by atoms with van der Waals surface area (Å²) in [5.41, 5.74) is 0. The zero-order valence-electron chi connectivity index (χ0n) is 6.92. The third-order valence-electron chi connectivity index (χ3n) is 1.72. The molecule has 3 nitrogen and oxygen atoms in total. The van der Waals surface area contributed by atoms with Gasteiger partial charge >= 0.3 is 0 Å². The van der Waals surface area contributed by atoms with Gasteiger partial charge in [-0.2, -0.15) is 5.10 Å². The normalized spacial score (nSPS) is 22.6. The maximum atomic E-state index is 5.26. The first kappa shape index (κ1) is 8.71. The lowest BCUT2D eigenvalue weighted by Crippen LogP contribution is -2.35. The highest BCUT2D eigenvalue weighted by atomic mass is 32.2. The fraction of sp³-hybridized carbons (Fsp3) is 0.857. The SMILES string of the molecule is CCCN1CSCCC1=NN. The zero-order valence-corrected chi connectivity index (χ0v) is 7.73. The van der Waals surface area contributed by atoms with Crippen molar-refractivity contribution in [2.45, 2.75) is 19.8 Å². The number of thioether (sulfide) groups is 1. The molecule has 1 aliphatic rings. The van der Waals surface area contributed by atoms with Crippen molar-refractivity contribution >= 4 is 17.6 Å². The maximum absolute atomic E-state index is 5.26. The number of hydrogen-bond acceptors (Lipinski definition) is 3. The Labute approximate surface area is 72.0 Å². The Morgan fingerprint density at radius 1 is 1.73 bits per heavy atom. The molecule has 0 saturated carbocycles. The predicted molar refractivity (Wildman–Crippen MR) is 50.6 cm³/mol. The van der Waals surface area contributed by atoms with Gasteiger partial charge in [0.25, 0.3) is 0 Å². The standard InChI is InChI=1S/C7H15N3S/c1-2-4-10-6-11-5-3-7(10)9-8/h2-6,8H2,1H3. The first-order chi connectivity index (χ1) is 5.38. The van der Waals surface area contributed by atoms with Crippen LogP contribution in [0.3, 0.4) is 0 Å². The largest absolute Gasteiger partial charge is 0.349 e. The van der Waals surface area contributed by atoms with Crippen molar-refractivity contribution in [3.05, 3.63) is 0 Å². The van der Waals surface area contributed by atoms with E-state index in [-0.39, 0.29) is 0 Å². The molecule has 0 radical (unpaired) electrons. The van der Waals surface area contributed by atoms with Crippen molar-refractivity contribution in [1.82, 2.24) is 4.90 Å². The Hall–Kier alpha value is -0.380. The Morgan fingerprint density at radius 2 is 2.55 bits per heavy atom. The van der Waals surface area contributed by atoms with Crippen molar-refractivity contribution in [3.63, 3.8) is 0 Å². The molecule has 0 aromatic heterocycles. The molecular weight excluding hydrogens is 158 g/mol. The number of hydrazone groups is 1. The molecule has 1 rings (SSSR count). The van der Waals surface area contributed by atoms with Gasteiger partial charge in [-0.25, -0.2) is 0 Å². The lowest BCUT2D eigenvalue weighted by Gasteiger charge is -2.28. The average molecular weight is 173 g/mol. The lowest BCUT2D eigenvalue weighted by molar-refractivity contribution is 0.468. The van der Waals surface area contributed by atoms with E-state index in [1.165, 1.54) is 6.42 Å². The lowest BCUT2D eigenvalue weighted by atomic mass is 10.3. The molecule has 0 aromatic rings. The van der Waals surface area contributed by atoms with Gasteiger partial charge in [-0.05, 0) is 6.42 Å². The van der Waals surface area contributed by atoms with E-state index in [0.29, 0.717) is 0 Å². The molecule has 11 heavy (non-hydrogen) atoms. The summed E-state index contributed by atoms with van der Waals surface area (Å²) >= 11 is 1.95. The van der Waals surface area contributed by atoms with Crippen LogP contribution < -0.4 is 5.84 Å². The second kappa shape index (κ2) is 4.49. The number of nitrogens with two attached hydrogens (primary N) is 1. The van der Waals surface area contributed by atoms with Crippen LogP contribution in [0.25, 0.3) is 0 Å². The minimum atomic E-state index is 1.03. The summed E-state index contributed by atoms with van der Waals surface area (Å²) in [6.07, 6.45) is 2.20. The topological polar surface area (TPSA) is 41.6 Å². The Balaban J connectivity index is 2.45. The Morgan fingerprint density at radius 3 is 3.18 bits per heavy atom. The summed E-state index contributed by atoms with van der Waals surface area (Å²) < 4.78 is 0.